The van der Waals surface area contributed by atoms with Crippen molar-refractivity contribution in [2.24, 2.45) is 0 Å². The second-order valence-corrected chi connectivity index (χ2v) is 12.9. The number of nitrogens with zero attached hydrogens (tertiary/aromatic N) is 2. The summed E-state index contributed by atoms with van der Waals surface area (Å²) >= 11 is 0. The SMILES string of the molecule is CCCC(C)(C)c1cc(CC(=O)N(C)C)c(OC)c(NC(=O)Nc2ccc(Oc3ccnc(Nc4cccc(OC)c4)c3)c3ccccc23)c1. The molecule has 0 fully saturated rings. The van der Waals surface area contributed by atoms with Gasteiger partial charge in [0, 0.05) is 54.4 Å². The van der Waals surface area contributed by atoms with Crippen molar-refractivity contribution in [1.82, 2.24) is 9.88 Å². The number of carbonyl (C=O) groups excluding carboxylic acids is 2. The predicted molar refractivity (Wildman–Crippen MR) is 201 cm³/mol. The summed E-state index contributed by atoms with van der Waals surface area (Å²) in [4.78, 5) is 32.4. The summed E-state index contributed by atoms with van der Waals surface area (Å²) < 4.78 is 17.5. The van der Waals surface area contributed by atoms with Crippen LogP contribution in [0.25, 0.3) is 10.8 Å². The Bertz CT molecular complexity index is 1990. The first-order valence-corrected chi connectivity index (χ1v) is 16.6. The van der Waals surface area contributed by atoms with Gasteiger partial charge in [0.2, 0.25) is 5.91 Å². The molecule has 5 aromatic rings. The molecular formula is C40H45N5O5. The lowest BCUT2D eigenvalue weighted by Gasteiger charge is -2.27. The van der Waals surface area contributed by atoms with E-state index in [0.717, 1.165) is 40.6 Å². The van der Waals surface area contributed by atoms with Gasteiger partial charge in [-0.2, -0.15) is 0 Å². The van der Waals surface area contributed by atoms with Crippen LogP contribution in [0.5, 0.6) is 23.0 Å². The third-order valence-corrected chi connectivity index (χ3v) is 8.55. The van der Waals surface area contributed by atoms with Crippen LogP contribution in [0.2, 0.25) is 0 Å². The molecule has 1 aromatic heterocycles. The number of ether oxygens (including phenoxy) is 3. The van der Waals surface area contributed by atoms with Gasteiger partial charge in [-0.05, 0) is 53.8 Å². The Kier molecular flexibility index (Phi) is 11.1. The molecule has 4 aromatic carbocycles. The summed E-state index contributed by atoms with van der Waals surface area (Å²) in [7, 11) is 6.62. The maximum Gasteiger partial charge on any atom is 0.323 e. The third kappa shape index (κ3) is 8.44. The highest BCUT2D eigenvalue weighted by Crippen LogP contribution is 2.39. The van der Waals surface area contributed by atoms with Crippen LogP contribution < -0.4 is 30.2 Å². The van der Waals surface area contributed by atoms with Crippen molar-refractivity contribution in [2.75, 3.05) is 44.3 Å². The summed E-state index contributed by atoms with van der Waals surface area (Å²) in [5.41, 5.74) is 3.48. The highest BCUT2D eigenvalue weighted by Gasteiger charge is 2.25. The number of urea groups is 1. The quantitative estimate of drug-likeness (QED) is 0.114. The average Bonchev–Trinajstić information content (AvgIpc) is 3.09. The molecule has 0 atom stereocenters. The number of likely N-dealkylation sites (N-methyl/N-ethyl adjacent to an activating group) is 1. The normalized spacial score (nSPS) is 11.1. The van der Waals surface area contributed by atoms with Gasteiger partial charge in [-0.3, -0.25) is 4.79 Å². The molecule has 5 rings (SSSR count). The van der Waals surface area contributed by atoms with Crippen molar-refractivity contribution in [1.29, 1.82) is 0 Å². The lowest BCUT2D eigenvalue weighted by Crippen LogP contribution is -2.25. The molecule has 0 radical (unpaired) electrons. The number of nitrogens with one attached hydrogen (secondary N) is 3. The predicted octanol–water partition coefficient (Wildman–Crippen LogP) is 9.14. The number of carbonyl (C=O) groups is 2. The lowest BCUT2D eigenvalue weighted by molar-refractivity contribution is -0.127. The zero-order chi connectivity index (χ0) is 35.8. The molecule has 0 aliphatic heterocycles. The van der Waals surface area contributed by atoms with Crippen molar-refractivity contribution in [3.05, 3.63) is 102 Å². The molecule has 3 N–H and O–H groups in total. The average molecular weight is 676 g/mol. The third-order valence-electron chi connectivity index (χ3n) is 8.55. The highest BCUT2D eigenvalue weighted by molar-refractivity contribution is 6.08. The summed E-state index contributed by atoms with van der Waals surface area (Å²) in [6, 6.07) is 26.1. The summed E-state index contributed by atoms with van der Waals surface area (Å²) in [6.45, 7) is 6.48. The standard InChI is InChI=1S/C40H45N5O5/c1-8-19-40(2,3)27-21-26(22-37(46)45(4)5)38(49-7)34(23-27)44-39(47)43-33-16-17-35(32-15-10-9-14-31(32)33)50-30-18-20-41-36(25-30)42-28-12-11-13-29(24-28)48-6/h9-18,20-21,23-25H,8,19,22H2,1-7H3,(H,41,42)(H2,43,44,47). The molecule has 0 bridgehead atoms. The number of rotatable bonds is 13. The van der Waals surface area contributed by atoms with E-state index in [0.29, 0.717) is 40.0 Å². The van der Waals surface area contributed by atoms with Gasteiger partial charge in [-0.15, -0.1) is 0 Å². The Morgan fingerprint density at radius 2 is 1.58 bits per heavy atom. The Hall–Kier alpha value is -5.77. The van der Waals surface area contributed by atoms with E-state index in [2.05, 4.69) is 41.7 Å². The minimum Gasteiger partial charge on any atom is -0.497 e. The van der Waals surface area contributed by atoms with Crippen LogP contribution in [0, 0.1) is 0 Å². The first-order valence-electron chi connectivity index (χ1n) is 16.6. The molecule has 10 heteroatoms. The van der Waals surface area contributed by atoms with E-state index in [1.807, 2.05) is 78.9 Å². The fourth-order valence-corrected chi connectivity index (χ4v) is 5.90. The Morgan fingerprint density at radius 3 is 2.30 bits per heavy atom. The van der Waals surface area contributed by atoms with E-state index >= 15 is 0 Å². The number of hydrogen-bond donors (Lipinski definition) is 3. The van der Waals surface area contributed by atoms with Crippen LogP contribution in [0.3, 0.4) is 0 Å². The van der Waals surface area contributed by atoms with Crippen molar-refractivity contribution >= 4 is 45.6 Å². The molecule has 0 aliphatic carbocycles. The van der Waals surface area contributed by atoms with E-state index in [4.69, 9.17) is 14.2 Å². The molecule has 0 aliphatic rings. The van der Waals surface area contributed by atoms with Crippen LogP contribution >= 0.6 is 0 Å². The second kappa shape index (κ2) is 15.6. The topological polar surface area (TPSA) is 114 Å². The van der Waals surface area contributed by atoms with Crippen LogP contribution in [-0.4, -0.2) is 50.1 Å². The second-order valence-electron chi connectivity index (χ2n) is 12.9. The maximum atomic E-state index is 13.6. The van der Waals surface area contributed by atoms with Crippen LogP contribution in [-0.2, 0) is 16.6 Å². The van der Waals surface area contributed by atoms with Crippen molar-refractivity contribution in [3.8, 4) is 23.0 Å². The van der Waals surface area contributed by atoms with E-state index in [9.17, 15) is 9.59 Å². The highest BCUT2D eigenvalue weighted by atomic mass is 16.5. The van der Waals surface area contributed by atoms with E-state index in [-0.39, 0.29) is 17.7 Å². The Balaban J connectivity index is 1.40. The molecule has 10 nitrogen and oxygen atoms in total. The largest absolute Gasteiger partial charge is 0.497 e. The molecular weight excluding hydrogens is 630 g/mol. The van der Waals surface area contributed by atoms with Crippen molar-refractivity contribution < 1.29 is 23.8 Å². The Morgan fingerprint density at radius 1 is 0.820 bits per heavy atom. The fraction of sp³-hybridized carbons (Fsp3) is 0.275. The molecule has 0 saturated carbocycles. The number of fused-ring (bicyclic) bond motifs is 1. The molecule has 0 unspecified atom stereocenters. The van der Waals surface area contributed by atoms with Gasteiger partial charge >= 0.3 is 6.03 Å². The summed E-state index contributed by atoms with van der Waals surface area (Å²) in [6.07, 6.45) is 3.75. The Labute approximate surface area is 293 Å². The lowest BCUT2D eigenvalue weighted by atomic mass is 9.79. The van der Waals surface area contributed by atoms with E-state index in [1.165, 1.54) is 0 Å². The number of amides is 3. The molecule has 1 heterocycles. The smallest absolute Gasteiger partial charge is 0.323 e. The summed E-state index contributed by atoms with van der Waals surface area (Å²) in [5, 5.41) is 10.9. The van der Waals surface area contributed by atoms with Gasteiger partial charge in [0.25, 0.3) is 0 Å². The fourth-order valence-electron chi connectivity index (χ4n) is 5.90. The van der Waals surface area contributed by atoms with E-state index < -0.39 is 6.03 Å². The van der Waals surface area contributed by atoms with Crippen molar-refractivity contribution in [3.63, 3.8) is 0 Å². The molecule has 260 valence electrons. The number of benzene rings is 4. The number of aromatic nitrogens is 1. The van der Waals surface area contributed by atoms with Gasteiger partial charge < -0.3 is 35.1 Å². The molecule has 0 spiro atoms. The number of pyridine rings is 1. The van der Waals surface area contributed by atoms with Gasteiger partial charge in [-0.1, -0.05) is 63.6 Å². The number of methoxy groups -OCH3 is 2. The molecule has 50 heavy (non-hydrogen) atoms. The minimum atomic E-state index is -0.445. The van der Waals surface area contributed by atoms with Gasteiger partial charge in [0.1, 0.15) is 28.8 Å². The van der Waals surface area contributed by atoms with Gasteiger partial charge in [0.05, 0.1) is 32.0 Å². The number of anilines is 4. The first-order chi connectivity index (χ1) is 24.0. The minimum absolute atomic E-state index is 0.0611. The molecule has 3 amide bonds. The number of hydrogen-bond acceptors (Lipinski definition) is 7. The zero-order valence-electron chi connectivity index (χ0n) is 29.7. The monoisotopic (exact) mass is 675 g/mol. The zero-order valence-corrected chi connectivity index (χ0v) is 29.7. The molecule has 0 saturated heterocycles. The van der Waals surface area contributed by atoms with Gasteiger partial charge in [-0.25, -0.2) is 9.78 Å². The van der Waals surface area contributed by atoms with E-state index in [1.54, 1.807) is 45.5 Å². The van der Waals surface area contributed by atoms with Gasteiger partial charge in [0.15, 0.2) is 0 Å². The van der Waals surface area contributed by atoms with Crippen LogP contribution in [0.4, 0.5) is 27.7 Å². The van der Waals surface area contributed by atoms with Crippen LogP contribution in [0.15, 0.2) is 91.1 Å². The van der Waals surface area contributed by atoms with Crippen molar-refractivity contribution in [2.45, 2.75) is 45.4 Å². The first kappa shape index (κ1) is 35.5. The van der Waals surface area contributed by atoms with Crippen LogP contribution in [0.1, 0.15) is 44.7 Å². The summed E-state index contributed by atoms with van der Waals surface area (Å²) in [5.74, 6) is 2.96. The maximum absolute atomic E-state index is 13.6.